The van der Waals surface area contributed by atoms with Crippen LogP contribution < -0.4 is 5.56 Å². The van der Waals surface area contributed by atoms with E-state index < -0.39 is 0 Å². The second-order valence-electron chi connectivity index (χ2n) is 8.40. The Bertz CT molecular complexity index is 1290. The monoisotopic (exact) mass is 460 g/mol. The molecule has 4 aromatic rings. The lowest BCUT2D eigenvalue weighted by Gasteiger charge is -2.27. The topological polar surface area (TPSA) is 60.2 Å². The fraction of sp³-hybridized carbons (Fsp3) is 0.346. The Balaban J connectivity index is 1.46. The van der Waals surface area contributed by atoms with Gasteiger partial charge in [-0.15, -0.1) is 11.3 Å². The van der Waals surface area contributed by atoms with Crippen molar-refractivity contribution in [3.8, 4) is 11.3 Å². The molecule has 1 saturated heterocycles. The predicted octanol–water partition coefficient (Wildman–Crippen LogP) is 4.35. The van der Waals surface area contributed by atoms with Crippen molar-refractivity contribution in [3.05, 3.63) is 80.7 Å². The van der Waals surface area contributed by atoms with E-state index in [2.05, 4.69) is 41.5 Å². The average Bonchev–Trinajstić information content (AvgIpc) is 3.32. The predicted molar refractivity (Wildman–Crippen MR) is 133 cm³/mol. The summed E-state index contributed by atoms with van der Waals surface area (Å²) in [7, 11) is 0. The van der Waals surface area contributed by atoms with E-state index in [-0.39, 0.29) is 5.56 Å². The molecule has 0 atom stereocenters. The molecule has 33 heavy (non-hydrogen) atoms. The molecule has 5 rings (SSSR count). The zero-order chi connectivity index (χ0) is 22.6. The SMILES string of the molecule is CCCc1ccc(-c2csc(Cn3c(CN4CCOCC4)nc4ccccc4c3=O)n2)cc1. The van der Waals surface area contributed by atoms with Crippen LogP contribution in [0.2, 0.25) is 0 Å². The zero-order valence-corrected chi connectivity index (χ0v) is 19.7. The standard InChI is InChI=1S/C26H28N4O2S/c1-2-5-19-8-10-20(11-9-19)23-18-33-25(28-23)17-30-24(16-29-12-14-32-15-13-29)27-22-7-4-3-6-21(22)26(30)31/h3-4,6-11,18H,2,5,12-17H2,1H3. The summed E-state index contributed by atoms with van der Waals surface area (Å²) in [4.78, 5) is 25.5. The van der Waals surface area contributed by atoms with Gasteiger partial charge in [-0.1, -0.05) is 49.7 Å². The maximum absolute atomic E-state index is 13.4. The van der Waals surface area contributed by atoms with Crippen LogP contribution in [-0.4, -0.2) is 45.7 Å². The number of para-hydroxylation sites is 1. The van der Waals surface area contributed by atoms with Crippen LogP contribution in [0.25, 0.3) is 22.2 Å². The highest BCUT2D eigenvalue weighted by Crippen LogP contribution is 2.23. The summed E-state index contributed by atoms with van der Waals surface area (Å²) in [5, 5.41) is 3.63. The van der Waals surface area contributed by atoms with E-state index >= 15 is 0 Å². The molecule has 1 aliphatic rings. The van der Waals surface area contributed by atoms with Crippen molar-refractivity contribution in [2.45, 2.75) is 32.9 Å². The van der Waals surface area contributed by atoms with Gasteiger partial charge in [0.05, 0.1) is 42.9 Å². The molecule has 6 nitrogen and oxygen atoms in total. The number of fused-ring (bicyclic) bond motifs is 1. The van der Waals surface area contributed by atoms with Gasteiger partial charge in [0.25, 0.3) is 5.56 Å². The Morgan fingerprint density at radius 2 is 1.79 bits per heavy atom. The first kappa shape index (κ1) is 21.9. The van der Waals surface area contributed by atoms with Crippen molar-refractivity contribution in [1.82, 2.24) is 19.4 Å². The van der Waals surface area contributed by atoms with Crippen LogP contribution in [0.1, 0.15) is 29.7 Å². The highest BCUT2D eigenvalue weighted by Gasteiger charge is 2.18. The molecule has 2 aromatic carbocycles. The molecule has 1 fully saturated rings. The molecule has 0 bridgehead atoms. The molecule has 3 heterocycles. The maximum Gasteiger partial charge on any atom is 0.261 e. The normalized spacial score (nSPS) is 14.7. The first-order valence-electron chi connectivity index (χ1n) is 11.5. The molecule has 170 valence electrons. The van der Waals surface area contributed by atoms with Gasteiger partial charge in [0, 0.05) is 24.0 Å². The molecule has 0 radical (unpaired) electrons. The molecule has 0 N–H and O–H groups in total. The number of hydrogen-bond acceptors (Lipinski definition) is 6. The molecule has 0 spiro atoms. The smallest absolute Gasteiger partial charge is 0.261 e. The van der Waals surface area contributed by atoms with Crippen LogP contribution >= 0.6 is 11.3 Å². The van der Waals surface area contributed by atoms with Gasteiger partial charge in [-0.05, 0) is 24.1 Å². The first-order valence-corrected chi connectivity index (χ1v) is 12.4. The Morgan fingerprint density at radius 1 is 1.00 bits per heavy atom. The minimum absolute atomic E-state index is 0.00970. The van der Waals surface area contributed by atoms with Gasteiger partial charge in [-0.2, -0.15) is 0 Å². The van der Waals surface area contributed by atoms with Gasteiger partial charge in [0.1, 0.15) is 10.8 Å². The molecule has 0 aliphatic carbocycles. The quantitative estimate of drug-likeness (QED) is 0.410. The lowest BCUT2D eigenvalue weighted by molar-refractivity contribution is 0.0325. The Kier molecular flexibility index (Phi) is 6.62. The lowest BCUT2D eigenvalue weighted by atomic mass is 10.1. The number of ether oxygens (including phenoxy) is 1. The van der Waals surface area contributed by atoms with E-state index in [9.17, 15) is 4.79 Å². The highest BCUT2D eigenvalue weighted by atomic mass is 32.1. The second-order valence-corrected chi connectivity index (χ2v) is 9.34. The van der Waals surface area contributed by atoms with Gasteiger partial charge in [-0.25, -0.2) is 9.97 Å². The Hall–Kier alpha value is -2.87. The molecule has 0 unspecified atom stereocenters. The van der Waals surface area contributed by atoms with E-state index in [0.29, 0.717) is 31.7 Å². The fourth-order valence-electron chi connectivity index (χ4n) is 4.24. The highest BCUT2D eigenvalue weighted by molar-refractivity contribution is 7.09. The minimum atomic E-state index is -0.00970. The van der Waals surface area contributed by atoms with Gasteiger partial charge < -0.3 is 4.74 Å². The number of aryl methyl sites for hydroxylation is 1. The summed E-state index contributed by atoms with van der Waals surface area (Å²) in [5.74, 6) is 0.779. The average molecular weight is 461 g/mol. The second kappa shape index (κ2) is 9.95. The number of morpholine rings is 1. The van der Waals surface area contributed by atoms with Crippen molar-refractivity contribution in [1.29, 1.82) is 0 Å². The molecular formula is C26H28N4O2S. The summed E-state index contributed by atoms with van der Waals surface area (Å²) < 4.78 is 7.28. The van der Waals surface area contributed by atoms with E-state index in [1.54, 1.807) is 15.9 Å². The minimum Gasteiger partial charge on any atom is -0.379 e. The first-order chi connectivity index (χ1) is 16.2. The fourth-order valence-corrected chi connectivity index (χ4v) is 5.03. The number of aromatic nitrogens is 3. The Labute approximate surface area is 197 Å². The van der Waals surface area contributed by atoms with Crippen LogP contribution in [0.3, 0.4) is 0 Å². The van der Waals surface area contributed by atoms with E-state index in [1.165, 1.54) is 5.56 Å². The largest absolute Gasteiger partial charge is 0.379 e. The molecule has 0 amide bonds. The third kappa shape index (κ3) is 4.90. The van der Waals surface area contributed by atoms with Crippen LogP contribution in [-0.2, 0) is 24.2 Å². The number of nitrogens with zero attached hydrogens (tertiary/aromatic N) is 4. The third-order valence-electron chi connectivity index (χ3n) is 6.04. The van der Waals surface area contributed by atoms with E-state index in [0.717, 1.165) is 53.5 Å². The van der Waals surface area contributed by atoms with Crippen LogP contribution in [0.4, 0.5) is 0 Å². The van der Waals surface area contributed by atoms with Crippen molar-refractivity contribution in [2.75, 3.05) is 26.3 Å². The number of hydrogen-bond donors (Lipinski definition) is 0. The summed E-state index contributed by atoms with van der Waals surface area (Å²) in [6.45, 7) is 6.36. The van der Waals surface area contributed by atoms with Crippen molar-refractivity contribution < 1.29 is 4.74 Å². The van der Waals surface area contributed by atoms with Crippen molar-refractivity contribution >= 4 is 22.2 Å². The van der Waals surface area contributed by atoms with Gasteiger partial charge in [0.2, 0.25) is 0 Å². The Morgan fingerprint density at radius 3 is 2.58 bits per heavy atom. The number of rotatable bonds is 7. The van der Waals surface area contributed by atoms with Crippen LogP contribution in [0, 0.1) is 0 Å². The van der Waals surface area contributed by atoms with Crippen LogP contribution in [0.15, 0.2) is 58.7 Å². The van der Waals surface area contributed by atoms with E-state index in [4.69, 9.17) is 14.7 Å². The number of thiazole rings is 1. The van der Waals surface area contributed by atoms with Gasteiger partial charge >= 0.3 is 0 Å². The summed E-state index contributed by atoms with van der Waals surface area (Å²) in [6, 6.07) is 16.2. The van der Waals surface area contributed by atoms with Gasteiger partial charge in [-0.3, -0.25) is 14.3 Å². The third-order valence-corrected chi connectivity index (χ3v) is 6.88. The maximum atomic E-state index is 13.4. The van der Waals surface area contributed by atoms with Crippen molar-refractivity contribution in [2.24, 2.45) is 0 Å². The summed E-state index contributed by atoms with van der Waals surface area (Å²) >= 11 is 1.59. The van der Waals surface area contributed by atoms with Gasteiger partial charge in [0.15, 0.2) is 0 Å². The molecule has 1 aliphatic heterocycles. The summed E-state index contributed by atoms with van der Waals surface area (Å²) in [5.41, 5.74) is 4.14. The molecule has 7 heteroatoms. The zero-order valence-electron chi connectivity index (χ0n) is 18.9. The van der Waals surface area contributed by atoms with Crippen molar-refractivity contribution in [3.63, 3.8) is 0 Å². The molecular weight excluding hydrogens is 432 g/mol. The van der Waals surface area contributed by atoms with Crippen LogP contribution in [0.5, 0.6) is 0 Å². The van der Waals surface area contributed by atoms with E-state index in [1.807, 2.05) is 24.3 Å². The summed E-state index contributed by atoms with van der Waals surface area (Å²) in [6.07, 6.45) is 2.23. The lowest BCUT2D eigenvalue weighted by Crippen LogP contribution is -2.38. The molecule has 2 aromatic heterocycles. The molecule has 0 saturated carbocycles. The number of benzene rings is 2.